The molecule has 0 unspecified atom stereocenters. The summed E-state index contributed by atoms with van der Waals surface area (Å²) in [4.78, 5) is 0. The van der Waals surface area contributed by atoms with Crippen LogP contribution in [0, 0.1) is 0 Å². The lowest BCUT2D eigenvalue weighted by Gasteiger charge is -1.86. The smallest absolute Gasteiger partial charge is 0.0266 e. The van der Waals surface area contributed by atoms with Crippen molar-refractivity contribution in [2.45, 2.75) is 39.2 Å². The van der Waals surface area contributed by atoms with E-state index in [0.29, 0.717) is 0 Å². The van der Waals surface area contributed by atoms with Gasteiger partial charge >= 0.3 is 0 Å². The average Bonchev–Trinajstić information content (AvgIpc) is 2.14. The summed E-state index contributed by atoms with van der Waals surface area (Å²) in [5, 5.41) is 0. The second kappa shape index (κ2) is 5.00. The van der Waals surface area contributed by atoms with Crippen LogP contribution in [0.15, 0.2) is 0 Å². The molecule has 0 rings (SSSR count). The molecule has 0 aliphatic heterocycles. The Morgan fingerprint density at radius 3 is 3.00 bits per heavy atom. The largest absolute Gasteiger partial charge is 0.0654 e. The third-order valence-electron chi connectivity index (χ3n) is 0.197. The van der Waals surface area contributed by atoms with Crippen LogP contribution in [0.25, 0.3) is 0 Å². The van der Waals surface area contributed by atoms with Gasteiger partial charge in [0.1, 0.15) is 0 Å². The predicted octanol–water partition coefficient (Wildman–Crippen LogP) is 2.59. The Balaban J connectivity index is 5.92. The fraction of sp³-hybridized carbons (Fsp3) is 1.00. The van der Waals surface area contributed by atoms with Crippen LogP contribution < -0.4 is 0 Å². The summed E-state index contributed by atoms with van der Waals surface area (Å²) in [7, 11) is 0. The zero-order valence-electron chi connectivity index (χ0n) is 16.1. The van der Waals surface area contributed by atoms with Crippen molar-refractivity contribution in [3.8, 4) is 0 Å². The molecule has 0 atom stereocenters. The highest BCUT2D eigenvalue weighted by molar-refractivity contribution is 4.31. The summed E-state index contributed by atoms with van der Waals surface area (Å²) in [6, 6.07) is 0. The Bertz CT molecular complexity index is 323. The molecule has 0 nitrogen and oxygen atoms in total. The zero-order valence-corrected chi connectivity index (χ0v) is 3.08. The molecule has 0 heteroatoms. The number of rotatable bonds is 3. The third-order valence-corrected chi connectivity index (χ3v) is 0.197. The van der Waals surface area contributed by atoms with Gasteiger partial charge in [0, 0.05) is 17.8 Å². The highest BCUT2D eigenvalue weighted by Crippen LogP contribution is 1.95. The topological polar surface area (TPSA) is 0 Å². The SMILES string of the molecule is [2H]C([2H])C([2H])([2H])C([2H])([2H])C([2H])([2H])C([2H])([2H])C([2H])([2H])[2H]. The quantitative estimate of drug-likeness (QED) is 0.510. The van der Waals surface area contributed by atoms with E-state index in [2.05, 4.69) is 0 Å². The molecule has 0 saturated heterocycles. The molecular formula is C6H14. The maximum atomic E-state index is 7.39. The molecule has 0 aromatic heterocycles. The van der Waals surface area contributed by atoms with Crippen molar-refractivity contribution in [3.63, 3.8) is 0 Å². The van der Waals surface area contributed by atoms with E-state index in [1.807, 2.05) is 0 Å². The Labute approximate surface area is 58.8 Å². The average molecular weight is 99.3 g/mol. The lowest BCUT2D eigenvalue weighted by atomic mass is 10.2. The van der Waals surface area contributed by atoms with Crippen LogP contribution in [-0.2, 0) is 0 Å². The Morgan fingerprint density at radius 1 is 1.50 bits per heavy atom. The van der Waals surface area contributed by atoms with Crippen molar-refractivity contribution in [1.29, 1.82) is 0 Å². The summed E-state index contributed by atoms with van der Waals surface area (Å²) >= 11 is 0. The minimum absolute atomic E-state index is 2.45. The highest BCUT2D eigenvalue weighted by Gasteiger charge is 1.75. The summed E-state index contributed by atoms with van der Waals surface area (Å²) in [5.74, 6) is 0. The summed E-state index contributed by atoms with van der Waals surface area (Å²) in [6.07, 6.45) is -14.5. The van der Waals surface area contributed by atoms with Gasteiger partial charge in [-0.3, -0.25) is 0 Å². The second-order valence-electron chi connectivity index (χ2n) is 0.519. The standard InChI is InChI=1S/C6H14/c1-3-5-6-4-2/h3-6H2,1-2H3/i1D2,2D3,3D2,4D2,5D2,6D2. The monoisotopic (exact) mass is 99.2 g/mol. The van der Waals surface area contributed by atoms with Gasteiger partial charge in [0.25, 0.3) is 0 Å². The fourth-order valence-corrected chi connectivity index (χ4v) is 0.0673. The molecule has 0 bridgehead atoms. The van der Waals surface area contributed by atoms with Crippen LogP contribution in [0.5, 0.6) is 0 Å². The van der Waals surface area contributed by atoms with Crippen LogP contribution in [0.4, 0.5) is 0 Å². The van der Waals surface area contributed by atoms with Crippen molar-refractivity contribution < 1.29 is 17.8 Å². The Kier molecular flexibility index (Phi) is 0.386. The summed E-state index contributed by atoms with van der Waals surface area (Å²) in [6.45, 7) is -5.98. The first-order chi connectivity index (χ1) is 7.94. The van der Waals surface area contributed by atoms with Gasteiger partial charge in [0.05, 0.1) is 0 Å². The molecule has 0 saturated carbocycles. The molecule has 38 valence electrons. The van der Waals surface area contributed by atoms with Gasteiger partial charge in [-0.2, -0.15) is 0 Å². The summed E-state index contributed by atoms with van der Waals surface area (Å²) < 4.78 is 93.1. The van der Waals surface area contributed by atoms with Gasteiger partial charge in [-0.1, -0.05) is 39.2 Å². The van der Waals surface area contributed by atoms with E-state index in [1.54, 1.807) is 0 Å². The predicted molar refractivity (Wildman–Crippen MR) is 29.8 cm³/mol. The Morgan fingerprint density at radius 2 is 2.33 bits per heavy atom. The molecule has 0 amide bonds. The molecule has 0 spiro atoms. The van der Waals surface area contributed by atoms with Gasteiger partial charge < -0.3 is 0 Å². The van der Waals surface area contributed by atoms with Gasteiger partial charge in [-0.05, 0) is 0 Å². The lowest BCUT2D eigenvalue weighted by Crippen LogP contribution is -1.66. The van der Waals surface area contributed by atoms with Crippen molar-refractivity contribution in [1.82, 2.24) is 0 Å². The summed E-state index contributed by atoms with van der Waals surface area (Å²) in [5.41, 5.74) is 0. The molecule has 6 heavy (non-hydrogen) atoms. The van der Waals surface area contributed by atoms with Crippen LogP contribution in [0.2, 0.25) is 0 Å². The van der Waals surface area contributed by atoms with Crippen LogP contribution >= 0.6 is 0 Å². The maximum absolute atomic E-state index is 7.39. The van der Waals surface area contributed by atoms with Crippen molar-refractivity contribution >= 4 is 0 Å². The van der Waals surface area contributed by atoms with E-state index < -0.39 is 39.2 Å². The van der Waals surface area contributed by atoms with Gasteiger partial charge in [0.2, 0.25) is 0 Å². The first kappa shape index (κ1) is 0.463. The van der Waals surface area contributed by atoms with E-state index in [4.69, 9.17) is 17.8 Å². The number of hydrogen-bond acceptors (Lipinski definition) is 0. The zero-order chi connectivity index (χ0) is 16.1. The van der Waals surface area contributed by atoms with E-state index in [-0.39, 0.29) is 0 Å². The normalized spacial score (nSPS) is 53.2. The highest BCUT2D eigenvalue weighted by atomic mass is 13.8. The minimum Gasteiger partial charge on any atom is -0.0654 e. The molecule has 0 radical (unpaired) electrons. The van der Waals surface area contributed by atoms with Gasteiger partial charge in [-0.25, -0.2) is 0 Å². The van der Waals surface area contributed by atoms with Crippen LogP contribution in [0.1, 0.15) is 57.0 Å². The van der Waals surface area contributed by atoms with Gasteiger partial charge in [-0.15, -0.1) is 0 Å². The van der Waals surface area contributed by atoms with Crippen molar-refractivity contribution in [2.75, 3.05) is 0 Å². The minimum atomic E-state index is -3.77. The molecule has 0 aliphatic rings. The van der Waals surface area contributed by atoms with Gasteiger partial charge in [0.15, 0.2) is 0 Å². The van der Waals surface area contributed by atoms with E-state index in [0.717, 1.165) is 0 Å². The van der Waals surface area contributed by atoms with E-state index >= 15 is 0 Å². The Hall–Kier alpha value is 0. The molecule has 0 N–H and O–H groups in total. The van der Waals surface area contributed by atoms with E-state index in [1.165, 1.54) is 0 Å². The molecule has 0 aromatic rings. The fourth-order valence-electron chi connectivity index (χ4n) is 0.0673. The number of hydrogen-bond donors (Lipinski definition) is 0. The molecule has 0 fully saturated rings. The van der Waals surface area contributed by atoms with Crippen molar-refractivity contribution in [3.05, 3.63) is 0 Å². The molecular weight excluding hydrogens is 72.1 g/mol. The van der Waals surface area contributed by atoms with Crippen LogP contribution in [0.3, 0.4) is 0 Å². The first-order valence-electron chi connectivity index (χ1n) is 7.94. The molecule has 0 heterocycles. The van der Waals surface area contributed by atoms with E-state index in [9.17, 15) is 0 Å². The maximum Gasteiger partial charge on any atom is 0.0266 e. The second-order valence-corrected chi connectivity index (χ2v) is 0.519. The molecule has 0 aromatic carbocycles. The van der Waals surface area contributed by atoms with Crippen molar-refractivity contribution in [2.24, 2.45) is 0 Å². The molecule has 0 aliphatic carbocycles. The first-order valence-corrected chi connectivity index (χ1v) is 1.29. The third kappa shape index (κ3) is 4.00. The lowest BCUT2D eigenvalue weighted by molar-refractivity contribution is 0.702. The van der Waals surface area contributed by atoms with Crippen LogP contribution in [-0.4, -0.2) is 0 Å².